The van der Waals surface area contributed by atoms with Gasteiger partial charge in [0, 0.05) is 40.2 Å². The van der Waals surface area contributed by atoms with Crippen LogP contribution in [0.3, 0.4) is 0 Å². The summed E-state index contributed by atoms with van der Waals surface area (Å²) in [5, 5.41) is 5.70. The van der Waals surface area contributed by atoms with Crippen LogP contribution in [0.1, 0.15) is 21.6 Å². The predicted octanol–water partition coefficient (Wildman–Crippen LogP) is 4.51. The van der Waals surface area contributed by atoms with Crippen molar-refractivity contribution in [2.24, 2.45) is 0 Å². The van der Waals surface area contributed by atoms with Crippen LogP contribution in [0.4, 0.5) is 0 Å². The standard InChI is InChI=1S/C27H28ClN3O3Si/c1-18-23(15-26(32)30-17-35(3,4)22-6-5-13-29-16-22)24-14-21(34-2)11-12-25(24)31(18)27(33)19-7-9-20(28)10-8-19/h5-14,16H,15,17H2,1-4H3,(H,30,32). The van der Waals surface area contributed by atoms with E-state index in [1.807, 2.05) is 37.4 Å². The Hall–Kier alpha value is -3.42. The number of pyridine rings is 1. The second kappa shape index (κ2) is 10.1. The molecule has 0 aliphatic carbocycles. The Morgan fingerprint density at radius 2 is 1.86 bits per heavy atom. The van der Waals surface area contributed by atoms with Gasteiger partial charge in [-0.1, -0.05) is 30.8 Å². The molecule has 0 atom stereocenters. The molecule has 6 nitrogen and oxygen atoms in total. The molecule has 2 heterocycles. The highest BCUT2D eigenvalue weighted by atomic mass is 35.5. The maximum absolute atomic E-state index is 13.4. The number of fused-ring (bicyclic) bond motifs is 1. The average molecular weight is 506 g/mol. The minimum Gasteiger partial charge on any atom is -0.497 e. The van der Waals surface area contributed by atoms with Crippen molar-refractivity contribution in [2.75, 3.05) is 13.3 Å². The third-order valence-corrected chi connectivity index (χ3v) is 9.52. The van der Waals surface area contributed by atoms with E-state index in [1.165, 1.54) is 5.19 Å². The molecule has 35 heavy (non-hydrogen) atoms. The number of hydrogen-bond donors (Lipinski definition) is 1. The summed E-state index contributed by atoms with van der Waals surface area (Å²) < 4.78 is 7.08. The molecule has 0 fully saturated rings. The number of carbonyl (C=O) groups excluding carboxylic acids is 2. The van der Waals surface area contributed by atoms with Crippen LogP contribution in [0.15, 0.2) is 67.0 Å². The van der Waals surface area contributed by atoms with Crippen molar-refractivity contribution in [3.63, 3.8) is 0 Å². The van der Waals surface area contributed by atoms with E-state index in [0.29, 0.717) is 22.5 Å². The van der Waals surface area contributed by atoms with Crippen molar-refractivity contribution < 1.29 is 14.3 Å². The highest BCUT2D eigenvalue weighted by Crippen LogP contribution is 2.31. The Morgan fingerprint density at radius 3 is 2.51 bits per heavy atom. The summed E-state index contributed by atoms with van der Waals surface area (Å²) in [5.74, 6) is 0.407. The van der Waals surface area contributed by atoms with Crippen LogP contribution in [0.2, 0.25) is 18.1 Å². The minimum atomic E-state index is -1.89. The van der Waals surface area contributed by atoms with Crippen molar-refractivity contribution in [1.29, 1.82) is 0 Å². The lowest BCUT2D eigenvalue weighted by Gasteiger charge is -2.22. The van der Waals surface area contributed by atoms with Crippen LogP contribution in [0.25, 0.3) is 10.9 Å². The van der Waals surface area contributed by atoms with Gasteiger partial charge in [-0.2, -0.15) is 0 Å². The molecule has 0 aliphatic heterocycles. The number of amides is 1. The fraction of sp³-hybridized carbons (Fsp3) is 0.222. The summed E-state index contributed by atoms with van der Waals surface area (Å²) in [4.78, 5) is 30.8. The van der Waals surface area contributed by atoms with Crippen molar-refractivity contribution in [1.82, 2.24) is 14.9 Å². The number of benzene rings is 2. The van der Waals surface area contributed by atoms with E-state index >= 15 is 0 Å². The number of nitrogens with one attached hydrogen (secondary N) is 1. The van der Waals surface area contributed by atoms with Crippen LogP contribution in [0.5, 0.6) is 5.75 Å². The SMILES string of the molecule is COc1ccc2c(c1)c(CC(=O)NC[Si](C)(C)c1cccnc1)c(C)n2C(=O)c1ccc(Cl)cc1. The first-order valence-electron chi connectivity index (χ1n) is 11.4. The van der Waals surface area contributed by atoms with Gasteiger partial charge in [-0.05, 0) is 66.2 Å². The van der Waals surface area contributed by atoms with Crippen LogP contribution in [-0.4, -0.2) is 42.7 Å². The van der Waals surface area contributed by atoms with E-state index in [2.05, 4.69) is 29.5 Å². The number of carbonyl (C=O) groups is 2. The van der Waals surface area contributed by atoms with Gasteiger partial charge in [-0.3, -0.25) is 19.1 Å². The number of nitrogens with zero attached hydrogens (tertiary/aromatic N) is 2. The summed E-state index contributed by atoms with van der Waals surface area (Å²) in [6.45, 7) is 6.28. The molecule has 2 aromatic heterocycles. The Kier molecular flexibility index (Phi) is 7.09. The van der Waals surface area contributed by atoms with Crippen molar-refractivity contribution in [3.8, 4) is 5.75 Å². The Labute approximate surface area is 210 Å². The van der Waals surface area contributed by atoms with E-state index in [9.17, 15) is 9.59 Å². The zero-order valence-electron chi connectivity index (χ0n) is 20.3. The highest BCUT2D eigenvalue weighted by molar-refractivity contribution is 6.90. The maximum Gasteiger partial charge on any atom is 0.262 e. The number of rotatable bonds is 7. The molecule has 4 rings (SSSR count). The number of ether oxygens (including phenoxy) is 1. The molecule has 180 valence electrons. The molecular weight excluding hydrogens is 478 g/mol. The van der Waals surface area contributed by atoms with E-state index in [4.69, 9.17) is 16.3 Å². The number of halogens is 1. The lowest BCUT2D eigenvalue weighted by molar-refractivity contribution is -0.120. The average Bonchev–Trinajstić information content (AvgIpc) is 3.13. The van der Waals surface area contributed by atoms with E-state index in [-0.39, 0.29) is 18.2 Å². The second-order valence-electron chi connectivity index (χ2n) is 9.17. The van der Waals surface area contributed by atoms with Crippen molar-refractivity contribution in [3.05, 3.63) is 88.8 Å². The maximum atomic E-state index is 13.4. The molecule has 1 N–H and O–H groups in total. The topological polar surface area (TPSA) is 73.2 Å². The molecule has 0 radical (unpaired) electrons. The molecule has 2 aromatic carbocycles. The molecule has 4 aromatic rings. The van der Waals surface area contributed by atoms with Crippen molar-refractivity contribution >= 4 is 47.6 Å². The van der Waals surface area contributed by atoms with E-state index in [1.54, 1.807) is 42.1 Å². The van der Waals surface area contributed by atoms with Gasteiger partial charge in [0.25, 0.3) is 5.91 Å². The van der Waals surface area contributed by atoms with Crippen LogP contribution in [0, 0.1) is 6.92 Å². The zero-order valence-corrected chi connectivity index (χ0v) is 22.0. The molecule has 0 bridgehead atoms. The third-order valence-electron chi connectivity index (χ3n) is 6.34. The van der Waals surface area contributed by atoms with Gasteiger partial charge in [0.05, 0.1) is 19.0 Å². The van der Waals surface area contributed by atoms with Gasteiger partial charge in [0.1, 0.15) is 13.8 Å². The van der Waals surface area contributed by atoms with Gasteiger partial charge in [0.2, 0.25) is 5.91 Å². The molecule has 1 amide bonds. The first-order valence-corrected chi connectivity index (χ1v) is 14.9. The Balaban J connectivity index is 1.65. The lowest BCUT2D eigenvalue weighted by Crippen LogP contribution is -2.52. The van der Waals surface area contributed by atoms with E-state index < -0.39 is 8.07 Å². The predicted molar refractivity (Wildman–Crippen MR) is 142 cm³/mol. The van der Waals surface area contributed by atoms with Crippen LogP contribution < -0.4 is 15.2 Å². The highest BCUT2D eigenvalue weighted by Gasteiger charge is 2.26. The first-order chi connectivity index (χ1) is 16.7. The molecule has 8 heteroatoms. The summed E-state index contributed by atoms with van der Waals surface area (Å²) >= 11 is 6.01. The van der Waals surface area contributed by atoms with Gasteiger partial charge in [-0.15, -0.1) is 0 Å². The summed E-state index contributed by atoms with van der Waals surface area (Å²) in [5.41, 5.74) is 2.79. The fourth-order valence-electron chi connectivity index (χ4n) is 4.20. The zero-order chi connectivity index (χ0) is 25.2. The molecule has 0 saturated heterocycles. The lowest BCUT2D eigenvalue weighted by atomic mass is 10.1. The smallest absolute Gasteiger partial charge is 0.262 e. The molecule has 0 spiro atoms. The summed E-state index contributed by atoms with van der Waals surface area (Å²) in [6, 6.07) is 16.3. The second-order valence-corrected chi connectivity index (χ2v) is 14.3. The molecular formula is C27H28ClN3O3Si. The first kappa shape index (κ1) is 24.7. The number of aromatic nitrogens is 2. The van der Waals surface area contributed by atoms with Crippen LogP contribution in [-0.2, 0) is 11.2 Å². The summed E-state index contributed by atoms with van der Waals surface area (Å²) in [6.07, 6.45) is 4.39. The van der Waals surface area contributed by atoms with Gasteiger partial charge in [0.15, 0.2) is 0 Å². The van der Waals surface area contributed by atoms with Gasteiger partial charge >= 0.3 is 0 Å². The molecule has 0 aliphatic rings. The Bertz CT molecular complexity index is 1380. The van der Waals surface area contributed by atoms with Crippen LogP contribution >= 0.6 is 11.6 Å². The molecule has 0 unspecified atom stereocenters. The quantitative estimate of drug-likeness (QED) is 0.375. The normalized spacial score (nSPS) is 11.5. The minimum absolute atomic E-state index is 0.0848. The van der Waals surface area contributed by atoms with Gasteiger partial charge in [-0.25, -0.2) is 0 Å². The Morgan fingerprint density at radius 1 is 1.11 bits per heavy atom. The monoisotopic (exact) mass is 505 g/mol. The van der Waals surface area contributed by atoms with Crippen molar-refractivity contribution in [2.45, 2.75) is 26.4 Å². The largest absolute Gasteiger partial charge is 0.497 e. The summed E-state index contributed by atoms with van der Waals surface area (Å²) in [7, 11) is -0.289. The fourth-order valence-corrected chi connectivity index (χ4v) is 6.14. The number of methoxy groups -OCH3 is 1. The molecule has 0 saturated carbocycles. The van der Waals surface area contributed by atoms with Gasteiger partial charge < -0.3 is 10.1 Å². The number of hydrogen-bond acceptors (Lipinski definition) is 4. The third kappa shape index (κ3) is 5.16. The van der Waals surface area contributed by atoms with E-state index in [0.717, 1.165) is 22.2 Å².